The molecule has 0 fully saturated rings. The van der Waals surface area contributed by atoms with Gasteiger partial charge in [-0.15, -0.1) is 0 Å². The molecule has 0 aliphatic carbocycles. The van der Waals surface area contributed by atoms with Gasteiger partial charge in [0.25, 0.3) is 0 Å². The van der Waals surface area contributed by atoms with E-state index >= 15 is 0 Å². The summed E-state index contributed by atoms with van der Waals surface area (Å²) in [6.45, 7) is 5.01. The fourth-order valence-electron chi connectivity index (χ4n) is 1.78. The van der Waals surface area contributed by atoms with Gasteiger partial charge in [0.15, 0.2) is 0 Å². The third kappa shape index (κ3) is 4.79. The number of hydrazine groups is 1. The highest BCUT2D eigenvalue weighted by atomic mass is 15.3. The Labute approximate surface area is 115 Å². The molecule has 0 unspecified atom stereocenters. The molecule has 1 aromatic rings. The monoisotopic (exact) mass is 263 g/mol. The van der Waals surface area contributed by atoms with E-state index in [0.29, 0.717) is 5.96 Å². The van der Waals surface area contributed by atoms with Crippen LogP contribution in [-0.4, -0.2) is 26.6 Å². The van der Waals surface area contributed by atoms with E-state index in [-0.39, 0.29) is 0 Å². The minimum absolute atomic E-state index is 0.599. The summed E-state index contributed by atoms with van der Waals surface area (Å²) in [4.78, 5) is 6.47. The first-order chi connectivity index (χ1) is 9.08. The van der Waals surface area contributed by atoms with Crippen LogP contribution in [0.5, 0.6) is 0 Å². The number of guanidine groups is 1. The number of benzene rings is 1. The van der Waals surface area contributed by atoms with E-state index in [1.54, 1.807) is 0 Å². The van der Waals surface area contributed by atoms with E-state index in [9.17, 15) is 0 Å². The molecule has 5 heteroatoms. The van der Waals surface area contributed by atoms with Crippen LogP contribution in [0.1, 0.15) is 25.3 Å². The molecule has 0 radical (unpaired) electrons. The second-order valence-corrected chi connectivity index (χ2v) is 4.75. The number of hydrogen-bond donors (Lipinski definition) is 3. The fraction of sp³-hybridized carbons (Fsp3) is 0.500. The van der Waals surface area contributed by atoms with Gasteiger partial charge in [-0.1, -0.05) is 19.4 Å². The second-order valence-electron chi connectivity index (χ2n) is 4.75. The average molecular weight is 263 g/mol. The molecule has 4 N–H and O–H groups in total. The van der Waals surface area contributed by atoms with Crippen molar-refractivity contribution in [2.45, 2.75) is 26.7 Å². The van der Waals surface area contributed by atoms with Gasteiger partial charge in [0, 0.05) is 32.0 Å². The fourth-order valence-corrected chi connectivity index (χ4v) is 1.78. The molecule has 1 aromatic carbocycles. The smallest absolute Gasteiger partial charge is 0.210 e. The first-order valence-corrected chi connectivity index (χ1v) is 6.64. The lowest BCUT2D eigenvalue weighted by Gasteiger charge is -2.17. The third-order valence-electron chi connectivity index (χ3n) is 2.87. The van der Waals surface area contributed by atoms with Gasteiger partial charge < -0.3 is 10.2 Å². The van der Waals surface area contributed by atoms with Crippen molar-refractivity contribution >= 4 is 17.3 Å². The molecule has 0 heterocycles. The summed E-state index contributed by atoms with van der Waals surface area (Å²) in [5.74, 6) is 6.08. The van der Waals surface area contributed by atoms with E-state index in [1.165, 1.54) is 11.3 Å². The van der Waals surface area contributed by atoms with Gasteiger partial charge >= 0.3 is 0 Å². The average Bonchev–Trinajstić information content (AvgIpc) is 2.39. The zero-order valence-electron chi connectivity index (χ0n) is 12.3. The van der Waals surface area contributed by atoms with Crippen LogP contribution >= 0.6 is 0 Å². The number of anilines is 2. The predicted molar refractivity (Wildman–Crippen MR) is 83.7 cm³/mol. The molecule has 1 rings (SSSR count). The Hall–Kier alpha value is -1.75. The molecule has 0 saturated heterocycles. The molecule has 106 valence electrons. The van der Waals surface area contributed by atoms with Crippen molar-refractivity contribution in [1.82, 2.24) is 5.43 Å². The summed E-state index contributed by atoms with van der Waals surface area (Å²) in [5.41, 5.74) is 5.99. The minimum Gasteiger partial charge on any atom is -0.377 e. The Morgan fingerprint density at radius 2 is 2.11 bits per heavy atom. The van der Waals surface area contributed by atoms with Crippen LogP contribution in [-0.2, 0) is 0 Å². The van der Waals surface area contributed by atoms with Crippen molar-refractivity contribution in [3.8, 4) is 0 Å². The molecular weight excluding hydrogens is 238 g/mol. The van der Waals surface area contributed by atoms with Crippen LogP contribution in [0.4, 0.5) is 11.4 Å². The number of nitrogens with zero attached hydrogens (tertiary/aromatic N) is 2. The Morgan fingerprint density at radius 1 is 1.37 bits per heavy atom. The number of aryl methyl sites for hydroxylation is 1. The molecule has 0 aliphatic rings. The topological polar surface area (TPSA) is 65.7 Å². The first kappa shape index (κ1) is 15.3. The maximum absolute atomic E-state index is 5.48. The maximum atomic E-state index is 5.48. The predicted octanol–water partition coefficient (Wildman–Crippen LogP) is 2.09. The van der Waals surface area contributed by atoms with Gasteiger partial charge in [0.05, 0.1) is 0 Å². The summed E-state index contributed by atoms with van der Waals surface area (Å²) < 4.78 is 0. The molecule has 0 aromatic heterocycles. The van der Waals surface area contributed by atoms with E-state index < -0.39 is 0 Å². The summed E-state index contributed by atoms with van der Waals surface area (Å²) in [7, 11) is 4.06. The lowest BCUT2D eigenvalue weighted by molar-refractivity contribution is 0.801. The number of nitrogens with two attached hydrogens (primary N) is 1. The highest BCUT2D eigenvalue weighted by molar-refractivity contribution is 5.93. The molecule has 0 bridgehead atoms. The summed E-state index contributed by atoms with van der Waals surface area (Å²) >= 11 is 0. The van der Waals surface area contributed by atoms with E-state index in [2.05, 4.69) is 46.6 Å². The maximum Gasteiger partial charge on any atom is 0.210 e. The molecule has 5 nitrogen and oxygen atoms in total. The molecule has 0 atom stereocenters. The summed E-state index contributed by atoms with van der Waals surface area (Å²) in [5, 5.41) is 3.20. The van der Waals surface area contributed by atoms with Crippen molar-refractivity contribution in [1.29, 1.82) is 0 Å². The van der Waals surface area contributed by atoms with Crippen LogP contribution in [0.3, 0.4) is 0 Å². The van der Waals surface area contributed by atoms with Crippen molar-refractivity contribution in [2.24, 2.45) is 10.8 Å². The van der Waals surface area contributed by atoms with Gasteiger partial charge in [-0.25, -0.2) is 5.84 Å². The summed E-state index contributed by atoms with van der Waals surface area (Å²) in [6.07, 6.45) is 2.18. The SMILES string of the molecule is CCCCN=C(NN)Nc1ccc(C)c(N(C)C)c1. The first-order valence-electron chi connectivity index (χ1n) is 6.64. The highest BCUT2D eigenvalue weighted by Gasteiger charge is 2.04. The second kappa shape index (κ2) is 7.63. The van der Waals surface area contributed by atoms with Crippen molar-refractivity contribution in [2.75, 3.05) is 30.9 Å². The zero-order valence-corrected chi connectivity index (χ0v) is 12.3. The molecule has 0 saturated carbocycles. The number of nitrogens with one attached hydrogen (secondary N) is 2. The normalized spacial score (nSPS) is 11.3. The Kier molecular flexibility index (Phi) is 6.15. The number of hydrogen-bond acceptors (Lipinski definition) is 3. The van der Waals surface area contributed by atoms with Gasteiger partial charge in [0.2, 0.25) is 5.96 Å². The van der Waals surface area contributed by atoms with Crippen molar-refractivity contribution < 1.29 is 0 Å². The Morgan fingerprint density at radius 3 is 2.68 bits per heavy atom. The Bertz CT molecular complexity index is 426. The molecule has 0 spiro atoms. The Balaban J connectivity index is 2.80. The quantitative estimate of drug-likeness (QED) is 0.250. The van der Waals surface area contributed by atoms with Gasteiger partial charge in [-0.3, -0.25) is 10.4 Å². The lowest BCUT2D eigenvalue weighted by atomic mass is 10.1. The lowest BCUT2D eigenvalue weighted by Crippen LogP contribution is -2.36. The van der Waals surface area contributed by atoms with Crippen LogP contribution in [0.25, 0.3) is 0 Å². The third-order valence-corrected chi connectivity index (χ3v) is 2.87. The number of unbranched alkanes of at least 4 members (excludes halogenated alkanes) is 1. The van der Waals surface area contributed by atoms with Crippen LogP contribution in [0.2, 0.25) is 0 Å². The minimum atomic E-state index is 0.599. The number of aliphatic imine (C=N–C) groups is 1. The largest absolute Gasteiger partial charge is 0.377 e. The molecule has 0 aliphatic heterocycles. The standard InChI is InChI=1S/C14H25N5/c1-5-6-9-16-14(18-15)17-12-8-7-11(2)13(10-12)19(3)4/h7-8,10H,5-6,9,15H2,1-4H3,(H2,16,17,18). The van der Waals surface area contributed by atoms with Crippen LogP contribution < -0.4 is 21.5 Å². The van der Waals surface area contributed by atoms with Crippen molar-refractivity contribution in [3.05, 3.63) is 23.8 Å². The van der Waals surface area contributed by atoms with Crippen molar-refractivity contribution in [3.63, 3.8) is 0 Å². The zero-order chi connectivity index (χ0) is 14.3. The van der Waals surface area contributed by atoms with E-state index in [4.69, 9.17) is 5.84 Å². The van der Waals surface area contributed by atoms with Gasteiger partial charge in [-0.05, 0) is 31.0 Å². The number of rotatable bonds is 5. The van der Waals surface area contributed by atoms with E-state index in [1.807, 2.05) is 20.2 Å². The van der Waals surface area contributed by atoms with E-state index in [0.717, 1.165) is 25.1 Å². The summed E-state index contributed by atoms with van der Waals surface area (Å²) in [6, 6.07) is 6.19. The highest BCUT2D eigenvalue weighted by Crippen LogP contribution is 2.22. The van der Waals surface area contributed by atoms with Crippen LogP contribution in [0, 0.1) is 6.92 Å². The van der Waals surface area contributed by atoms with Crippen LogP contribution in [0.15, 0.2) is 23.2 Å². The van der Waals surface area contributed by atoms with Gasteiger partial charge in [-0.2, -0.15) is 0 Å². The molecular formula is C14H25N5. The molecule has 19 heavy (non-hydrogen) atoms. The molecule has 0 amide bonds. The van der Waals surface area contributed by atoms with Gasteiger partial charge in [0.1, 0.15) is 0 Å².